The lowest BCUT2D eigenvalue weighted by atomic mass is 10.2. The molecule has 1 unspecified atom stereocenters. The van der Waals surface area contributed by atoms with E-state index >= 15 is 0 Å². The van der Waals surface area contributed by atoms with Crippen molar-refractivity contribution in [3.05, 3.63) is 23.2 Å². The van der Waals surface area contributed by atoms with E-state index in [1.807, 2.05) is 25.2 Å². The maximum atomic E-state index is 11.8. The molecule has 0 aromatic heterocycles. The maximum Gasteiger partial charge on any atom is 0.221 e. The molecule has 1 aromatic rings. The van der Waals surface area contributed by atoms with E-state index in [1.165, 1.54) is 0 Å². The summed E-state index contributed by atoms with van der Waals surface area (Å²) in [6, 6.07) is 5.78. The number of ether oxygens (including phenoxy) is 1. The highest BCUT2D eigenvalue weighted by molar-refractivity contribution is 6.30. The van der Waals surface area contributed by atoms with Crippen LogP contribution in [0.2, 0.25) is 5.02 Å². The molecule has 0 saturated carbocycles. The predicted octanol–water partition coefficient (Wildman–Crippen LogP) is 1.65. The van der Waals surface area contributed by atoms with Crippen molar-refractivity contribution in [3.8, 4) is 5.75 Å². The Kier molecular flexibility index (Phi) is 5.70. The molecular formula is C15H22ClN3O2. The molecule has 1 fully saturated rings. The summed E-state index contributed by atoms with van der Waals surface area (Å²) < 4.78 is 5.39. The molecule has 1 aromatic carbocycles. The van der Waals surface area contributed by atoms with E-state index in [9.17, 15) is 4.79 Å². The van der Waals surface area contributed by atoms with Crippen molar-refractivity contribution in [1.29, 1.82) is 0 Å². The zero-order valence-electron chi connectivity index (χ0n) is 12.5. The van der Waals surface area contributed by atoms with E-state index in [1.54, 1.807) is 7.11 Å². The van der Waals surface area contributed by atoms with Gasteiger partial charge in [-0.25, -0.2) is 0 Å². The number of nitrogens with zero attached hydrogens (tertiary/aromatic N) is 1. The fraction of sp³-hybridized carbons (Fsp3) is 0.533. The molecule has 2 N–H and O–H groups in total. The Morgan fingerprint density at radius 3 is 3.05 bits per heavy atom. The van der Waals surface area contributed by atoms with Crippen LogP contribution < -0.4 is 20.3 Å². The summed E-state index contributed by atoms with van der Waals surface area (Å²) in [5.41, 5.74) is 0.983. The van der Waals surface area contributed by atoms with Crippen LogP contribution >= 0.6 is 11.6 Å². The molecule has 0 spiro atoms. The van der Waals surface area contributed by atoms with Crippen LogP contribution in [0.1, 0.15) is 12.8 Å². The van der Waals surface area contributed by atoms with Crippen LogP contribution in [0, 0.1) is 0 Å². The number of halogens is 1. The second kappa shape index (κ2) is 7.52. The second-order valence-electron chi connectivity index (χ2n) is 5.17. The first kappa shape index (κ1) is 15.9. The molecule has 1 atom stereocenters. The van der Waals surface area contributed by atoms with Gasteiger partial charge in [-0.2, -0.15) is 0 Å². The van der Waals surface area contributed by atoms with Crippen molar-refractivity contribution in [1.82, 2.24) is 10.6 Å². The molecule has 1 aliphatic heterocycles. The van der Waals surface area contributed by atoms with Crippen LogP contribution in [0.25, 0.3) is 0 Å². The Hall–Kier alpha value is -1.46. The molecule has 2 rings (SSSR count). The van der Waals surface area contributed by atoms with Crippen LogP contribution in [0.4, 0.5) is 5.69 Å². The summed E-state index contributed by atoms with van der Waals surface area (Å²) in [5, 5.41) is 6.74. The van der Waals surface area contributed by atoms with Gasteiger partial charge in [0.25, 0.3) is 0 Å². The number of methoxy groups -OCH3 is 1. The van der Waals surface area contributed by atoms with Crippen molar-refractivity contribution in [2.45, 2.75) is 18.9 Å². The fourth-order valence-electron chi connectivity index (χ4n) is 2.55. The summed E-state index contributed by atoms with van der Waals surface area (Å²) >= 11 is 6.07. The third-order valence-corrected chi connectivity index (χ3v) is 3.87. The number of nitrogens with one attached hydrogen (secondary N) is 2. The average Bonchev–Trinajstić information content (AvgIpc) is 2.93. The maximum absolute atomic E-state index is 11.8. The van der Waals surface area contributed by atoms with E-state index in [-0.39, 0.29) is 11.9 Å². The van der Waals surface area contributed by atoms with Crippen molar-refractivity contribution < 1.29 is 9.53 Å². The number of anilines is 1. The van der Waals surface area contributed by atoms with Gasteiger partial charge in [-0.15, -0.1) is 0 Å². The minimum atomic E-state index is 0.0919. The number of carbonyl (C=O) groups is 1. The lowest BCUT2D eigenvalue weighted by Crippen LogP contribution is -2.38. The van der Waals surface area contributed by atoms with Crippen LogP contribution in [0.15, 0.2) is 18.2 Å². The molecule has 1 saturated heterocycles. The zero-order valence-corrected chi connectivity index (χ0v) is 13.2. The van der Waals surface area contributed by atoms with Gasteiger partial charge in [0, 0.05) is 37.1 Å². The van der Waals surface area contributed by atoms with Crippen molar-refractivity contribution in [3.63, 3.8) is 0 Å². The van der Waals surface area contributed by atoms with E-state index in [0.717, 1.165) is 30.9 Å². The number of carbonyl (C=O) groups excluding carboxylic acids is 1. The standard InChI is InChI=1S/C15H22ClN3O2/c1-17-7-5-15(20)18-12-6-8-19(10-12)13-9-11(16)3-4-14(13)21-2/h3-4,9,12,17H,5-8,10H2,1-2H3,(H,18,20). The summed E-state index contributed by atoms with van der Waals surface area (Å²) in [6.45, 7) is 2.36. The van der Waals surface area contributed by atoms with Gasteiger partial charge in [-0.3, -0.25) is 4.79 Å². The van der Waals surface area contributed by atoms with E-state index in [0.29, 0.717) is 18.0 Å². The highest BCUT2D eigenvalue weighted by atomic mass is 35.5. The number of hydrogen-bond acceptors (Lipinski definition) is 4. The second-order valence-corrected chi connectivity index (χ2v) is 5.61. The van der Waals surface area contributed by atoms with Crippen molar-refractivity contribution in [2.75, 3.05) is 38.7 Å². The molecule has 0 radical (unpaired) electrons. The summed E-state index contributed by atoms with van der Waals surface area (Å²) in [7, 11) is 3.50. The molecule has 21 heavy (non-hydrogen) atoms. The molecule has 1 aliphatic rings. The van der Waals surface area contributed by atoms with Gasteiger partial charge in [0.05, 0.1) is 12.8 Å². The number of amides is 1. The van der Waals surface area contributed by atoms with Gasteiger partial charge in [0.2, 0.25) is 5.91 Å². The van der Waals surface area contributed by atoms with Gasteiger partial charge in [-0.05, 0) is 31.7 Å². The first-order valence-electron chi connectivity index (χ1n) is 7.16. The Morgan fingerprint density at radius 1 is 1.52 bits per heavy atom. The first-order valence-corrected chi connectivity index (χ1v) is 7.54. The van der Waals surface area contributed by atoms with E-state index in [4.69, 9.17) is 16.3 Å². The SMILES string of the molecule is CNCCC(=O)NC1CCN(c2cc(Cl)ccc2OC)C1. The molecule has 6 heteroatoms. The van der Waals surface area contributed by atoms with Crippen molar-refractivity contribution >= 4 is 23.2 Å². The third kappa shape index (κ3) is 4.25. The number of rotatable bonds is 6. The molecule has 116 valence electrons. The van der Waals surface area contributed by atoms with Crippen molar-refractivity contribution in [2.24, 2.45) is 0 Å². The van der Waals surface area contributed by atoms with Gasteiger partial charge in [0.15, 0.2) is 0 Å². The van der Waals surface area contributed by atoms with E-state index in [2.05, 4.69) is 15.5 Å². The highest BCUT2D eigenvalue weighted by Gasteiger charge is 2.25. The minimum Gasteiger partial charge on any atom is -0.495 e. The average molecular weight is 312 g/mol. The number of hydrogen-bond donors (Lipinski definition) is 2. The smallest absolute Gasteiger partial charge is 0.221 e. The lowest BCUT2D eigenvalue weighted by Gasteiger charge is -2.21. The molecular weight excluding hydrogens is 290 g/mol. The monoisotopic (exact) mass is 311 g/mol. The largest absolute Gasteiger partial charge is 0.495 e. The highest BCUT2D eigenvalue weighted by Crippen LogP contribution is 2.33. The van der Waals surface area contributed by atoms with Crippen LogP contribution in [0.5, 0.6) is 5.75 Å². The molecule has 0 bridgehead atoms. The Morgan fingerprint density at radius 2 is 2.33 bits per heavy atom. The van der Waals surface area contributed by atoms with Crippen LogP contribution in [0.3, 0.4) is 0 Å². The Balaban J connectivity index is 1.96. The molecule has 1 amide bonds. The van der Waals surface area contributed by atoms with Gasteiger partial charge in [-0.1, -0.05) is 11.6 Å². The zero-order chi connectivity index (χ0) is 15.2. The fourth-order valence-corrected chi connectivity index (χ4v) is 2.71. The first-order chi connectivity index (χ1) is 10.1. The molecule has 5 nitrogen and oxygen atoms in total. The minimum absolute atomic E-state index is 0.0919. The van der Waals surface area contributed by atoms with E-state index < -0.39 is 0 Å². The topological polar surface area (TPSA) is 53.6 Å². The van der Waals surface area contributed by atoms with Crippen LogP contribution in [-0.4, -0.2) is 45.7 Å². The third-order valence-electron chi connectivity index (χ3n) is 3.64. The Labute approximate surface area is 130 Å². The lowest BCUT2D eigenvalue weighted by molar-refractivity contribution is -0.121. The van der Waals surface area contributed by atoms with Gasteiger partial charge < -0.3 is 20.3 Å². The predicted molar refractivity (Wildman–Crippen MR) is 85.3 cm³/mol. The summed E-state index contributed by atoms with van der Waals surface area (Å²) in [6.07, 6.45) is 1.44. The Bertz CT molecular complexity index is 496. The number of benzene rings is 1. The molecule has 1 heterocycles. The van der Waals surface area contributed by atoms with Gasteiger partial charge in [0.1, 0.15) is 5.75 Å². The normalized spacial score (nSPS) is 17.9. The summed E-state index contributed by atoms with van der Waals surface area (Å²) in [4.78, 5) is 14.0. The quantitative estimate of drug-likeness (QED) is 0.839. The summed E-state index contributed by atoms with van der Waals surface area (Å²) in [5.74, 6) is 0.899. The molecule has 0 aliphatic carbocycles. The van der Waals surface area contributed by atoms with Gasteiger partial charge >= 0.3 is 0 Å². The van der Waals surface area contributed by atoms with Crippen LogP contribution in [-0.2, 0) is 4.79 Å².